The standard InChI is InChI=1S/C16H19NO5/c1-16(2,3)22-15(20)17-9-5-6-11-10-12(18)7-8-13(11)14(19)21-4/h7-8,10,18H,9H2,1-4H3,(H,17,20). The van der Waals surface area contributed by atoms with Gasteiger partial charge in [-0.15, -0.1) is 0 Å². The molecule has 22 heavy (non-hydrogen) atoms. The summed E-state index contributed by atoms with van der Waals surface area (Å²) in [5, 5.41) is 11.9. The van der Waals surface area contributed by atoms with Crippen LogP contribution in [-0.4, -0.2) is 36.4 Å². The Balaban J connectivity index is 2.74. The number of amides is 1. The molecule has 6 nitrogen and oxygen atoms in total. The van der Waals surface area contributed by atoms with Gasteiger partial charge in [0.1, 0.15) is 11.4 Å². The summed E-state index contributed by atoms with van der Waals surface area (Å²) >= 11 is 0. The molecule has 0 unspecified atom stereocenters. The molecule has 0 aliphatic carbocycles. The first-order valence-electron chi connectivity index (χ1n) is 6.60. The first-order chi connectivity index (χ1) is 10.2. The molecule has 6 heteroatoms. The molecule has 0 bridgehead atoms. The molecule has 1 rings (SSSR count). The number of ether oxygens (including phenoxy) is 2. The van der Waals surface area contributed by atoms with Crippen LogP contribution in [0.3, 0.4) is 0 Å². The Morgan fingerprint density at radius 1 is 1.32 bits per heavy atom. The quantitative estimate of drug-likeness (QED) is 0.645. The lowest BCUT2D eigenvalue weighted by molar-refractivity contribution is 0.0533. The van der Waals surface area contributed by atoms with E-state index in [1.165, 1.54) is 25.3 Å². The van der Waals surface area contributed by atoms with Crippen molar-refractivity contribution < 1.29 is 24.2 Å². The monoisotopic (exact) mass is 305 g/mol. The zero-order valence-corrected chi connectivity index (χ0v) is 13.0. The van der Waals surface area contributed by atoms with E-state index in [1.54, 1.807) is 20.8 Å². The number of methoxy groups -OCH3 is 1. The second-order valence-electron chi connectivity index (χ2n) is 5.38. The zero-order chi connectivity index (χ0) is 16.8. The Morgan fingerprint density at radius 2 is 2.00 bits per heavy atom. The Kier molecular flexibility index (Phi) is 5.81. The van der Waals surface area contributed by atoms with Gasteiger partial charge in [-0.25, -0.2) is 9.59 Å². The van der Waals surface area contributed by atoms with Gasteiger partial charge in [0, 0.05) is 5.56 Å². The number of nitrogens with one attached hydrogen (secondary N) is 1. The Bertz CT molecular complexity index is 620. The average Bonchev–Trinajstić information content (AvgIpc) is 2.41. The lowest BCUT2D eigenvalue weighted by atomic mass is 10.1. The molecule has 1 aromatic rings. The largest absolute Gasteiger partial charge is 0.508 e. The van der Waals surface area contributed by atoms with Crippen LogP contribution < -0.4 is 5.32 Å². The smallest absolute Gasteiger partial charge is 0.408 e. The van der Waals surface area contributed by atoms with Crippen LogP contribution in [0.25, 0.3) is 0 Å². The maximum absolute atomic E-state index is 11.6. The van der Waals surface area contributed by atoms with E-state index in [9.17, 15) is 14.7 Å². The van der Waals surface area contributed by atoms with E-state index >= 15 is 0 Å². The van der Waals surface area contributed by atoms with Crippen molar-refractivity contribution in [2.24, 2.45) is 0 Å². The Morgan fingerprint density at radius 3 is 2.59 bits per heavy atom. The molecule has 1 amide bonds. The highest BCUT2D eigenvalue weighted by Crippen LogP contribution is 2.16. The second-order valence-corrected chi connectivity index (χ2v) is 5.38. The van der Waals surface area contributed by atoms with E-state index in [2.05, 4.69) is 21.9 Å². The average molecular weight is 305 g/mol. The molecule has 0 aromatic heterocycles. The molecular weight excluding hydrogens is 286 g/mol. The summed E-state index contributed by atoms with van der Waals surface area (Å²) in [6.07, 6.45) is -0.578. The SMILES string of the molecule is COC(=O)c1ccc(O)cc1C#CCNC(=O)OC(C)(C)C. The summed E-state index contributed by atoms with van der Waals surface area (Å²) in [6, 6.07) is 4.15. The third-order valence-electron chi connectivity index (χ3n) is 2.35. The van der Waals surface area contributed by atoms with E-state index in [4.69, 9.17) is 4.74 Å². The van der Waals surface area contributed by atoms with Gasteiger partial charge in [-0.05, 0) is 39.0 Å². The van der Waals surface area contributed by atoms with Gasteiger partial charge in [0.05, 0.1) is 19.2 Å². The topological polar surface area (TPSA) is 84.9 Å². The minimum atomic E-state index is -0.583. The van der Waals surface area contributed by atoms with Crippen LogP contribution in [0.2, 0.25) is 0 Å². The van der Waals surface area contributed by atoms with Gasteiger partial charge in [0.25, 0.3) is 0 Å². The molecule has 0 radical (unpaired) electrons. The number of esters is 1. The number of rotatable bonds is 2. The fourth-order valence-corrected chi connectivity index (χ4v) is 1.49. The molecular formula is C16H19NO5. The molecule has 0 atom stereocenters. The zero-order valence-electron chi connectivity index (χ0n) is 13.0. The number of hydrogen-bond acceptors (Lipinski definition) is 5. The molecule has 0 fully saturated rings. The molecule has 0 saturated carbocycles. The van der Waals surface area contributed by atoms with E-state index in [0.717, 1.165) is 0 Å². The van der Waals surface area contributed by atoms with Crippen molar-refractivity contribution in [2.75, 3.05) is 13.7 Å². The predicted octanol–water partition coefficient (Wildman–Crippen LogP) is 2.05. The lowest BCUT2D eigenvalue weighted by Crippen LogP contribution is -2.32. The van der Waals surface area contributed by atoms with Crippen LogP contribution in [0.1, 0.15) is 36.7 Å². The van der Waals surface area contributed by atoms with Gasteiger partial charge < -0.3 is 19.9 Å². The summed E-state index contributed by atoms with van der Waals surface area (Å²) in [6.45, 7) is 5.32. The predicted molar refractivity (Wildman–Crippen MR) is 80.6 cm³/mol. The van der Waals surface area contributed by atoms with Crippen molar-refractivity contribution in [3.63, 3.8) is 0 Å². The number of benzene rings is 1. The van der Waals surface area contributed by atoms with Gasteiger partial charge in [-0.1, -0.05) is 11.8 Å². The van der Waals surface area contributed by atoms with Crippen LogP contribution in [0.15, 0.2) is 18.2 Å². The van der Waals surface area contributed by atoms with Crippen molar-refractivity contribution in [1.82, 2.24) is 5.32 Å². The van der Waals surface area contributed by atoms with Crippen molar-refractivity contribution in [3.8, 4) is 17.6 Å². The normalized spacial score (nSPS) is 10.2. The minimum Gasteiger partial charge on any atom is -0.508 e. The highest BCUT2D eigenvalue weighted by Gasteiger charge is 2.15. The second kappa shape index (κ2) is 7.36. The fraction of sp³-hybridized carbons (Fsp3) is 0.375. The van der Waals surface area contributed by atoms with Gasteiger partial charge in [-0.3, -0.25) is 0 Å². The Hall–Kier alpha value is -2.68. The van der Waals surface area contributed by atoms with Crippen LogP contribution in [0.4, 0.5) is 4.79 Å². The lowest BCUT2D eigenvalue weighted by Gasteiger charge is -2.19. The summed E-state index contributed by atoms with van der Waals surface area (Å²) in [5.41, 5.74) is -0.0243. The van der Waals surface area contributed by atoms with E-state index in [-0.39, 0.29) is 17.9 Å². The van der Waals surface area contributed by atoms with Crippen molar-refractivity contribution in [1.29, 1.82) is 0 Å². The summed E-state index contributed by atoms with van der Waals surface area (Å²) in [7, 11) is 1.26. The molecule has 1 aromatic carbocycles. The summed E-state index contributed by atoms with van der Waals surface area (Å²) in [4.78, 5) is 23.0. The molecule has 0 spiro atoms. The molecule has 0 aliphatic heterocycles. The van der Waals surface area contributed by atoms with Crippen molar-refractivity contribution >= 4 is 12.1 Å². The van der Waals surface area contributed by atoms with E-state index in [1.807, 2.05) is 0 Å². The number of phenolic OH excluding ortho intramolecular Hbond substituents is 1. The highest BCUT2D eigenvalue weighted by molar-refractivity contribution is 5.92. The molecule has 0 heterocycles. The number of hydrogen-bond donors (Lipinski definition) is 2. The van der Waals surface area contributed by atoms with Crippen molar-refractivity contribution in [2.45, 2.75) is 26.4 Å². The fourth-order valence-electron chi connectivity index (χ4n) is 1.49. The van der Waals surface area contributed by atoms with Gasteiger partial charge >= 0.3 is 12.1 Å². The summed E-state index contributed by atoms with van der Waals surface area (Å²) in [5.74, 6) is 4.82. The number of phenols is 1. The number of carbonyl (C=O) groups excluding carboxylic acids is 2. The van der Waals surface area contributed by atoms with Crippen LogP contribution >= 0.6 is 0 Å². The maximum atomic E-state index is 11.6. The maximum Gasteiger partial charge on any atom is 0.408 e. The third-order valence-corrected chi connectivity index (χ3v) is 2.35. The van der Waals surface area contributed by atoms with E-state index in [0.29, 0.717) is 5.56 Å². The van der Waals surface area contributed by atoms with Crippen LogP contribution in [0.5, 0.6) is 5.75 Å². The number of carbonyl (C=O) groups is 2. The molecule has 118 valence electrons. The Labute approximate surface area is 129 Å². The van der Waals surface area contributed by atoms with Crippen LogP contribution in [-0.2, 0) is 9.47 Å². The van der Waals surface area contributed by atoms with Crippen LogP contribution in [0, 0.1) is 11.8 Å². The molecule has 2 N–H and O–H groups in total. The van der Waals surface area contributed by atoms with Crippen molar-refractivity contribution in [3.05, 3.63) is 29.3 Å². The number of aromatic hydroxyl groups is 1. The highest BCUT2D eigenvalue weighted by atomic mass is 16.6. The number of alkyl carbamates (subject to hydrolysis) is 1. The minimum absolute atomic E-state index is 0.0166. The van der Waals surface area contributed by atoms with Gasteiger partial charge in [-0.2, -0.15) is 0 Å². The molecule has 0 aliphatic rings. The first kappa shape index (κ1) is 17.4. The first-order valence-corrected chi connectivity index (χ1v) is 6.60. The third kappa shape index (κ3) is 5.75. The summed E-state index contributed by atoms with van der Waals surface area (Å²) < 4.78 is 9.69. The van der Waals surface area contributed by atoms with Gasteiger partial charge in [0.15, 0.2) is 0 Å². The van der Waals surface area contributed by atoms with Gasteiger partial charge in [0.2, 0.25) is 0 Å². The van der Waals surface area contributed by atoms with E-state index < -0.39 is 17.7 Å². The molecule has 0 saturated heterocycles.